The van der Waals surface area contributed by atoms with Crippen molar-refractivity contribution in [2.75, 3.05) is 6.61 Å². The van der Waals surface area contributed by atoms with Crippen LogP contribution in [0, 0.1) is 13.8 Å². The van der Waals surface area contributed by atoms with Crippen LogP contribution in [0.15, 0.2) is 42.5 Å². The lowest BCUT2D eigenvalue weighted by atomic mass is 10.1. The van der Waals surface area contributed by atoms with Crippen LogP contribution >= 0.6 is 0 Å². The predicted molar refractivity (Wildman–Crippen MR) is 106 cm³/mol. The largest absolute Gasteiger partial charge is 0.494 e. The molecule has 0 unspecified atom stereocenters. The number of rotatable bonds is 6. The molecule has 0 atom stereocenters. The van der Waals surface area contributed by atoms with Crippen LogP contribution in [0.25, 0.3) is 10.9 Å². The summed E-state index contributed by atoms with van der Waals surface area (Å²) in [6, 6.07) is 13.8. The fraction of sp³-hybridized carbons (Fsp3) is 0.318. The Balaban J connectivity index is 1.74. The minimum Gasteiger partial charge on any atom is -0.494 e. The highest BCUT2D eigenvalue weighted by Gasteiger charge is 2.13. The fourth-order valence-electron chi connectivity index (χ4n) is 3.35. The SMILES string of the molecule is CCOc1ccc(CNC(=O)c2ccc3c(c2)c(C)c(C)n3CC)cc1. The van der Waals surface area contributed by atoms with E-state index in [4.69, 9.17) is 4.74 Å². The monoisotopic (exact) mass is 350 g/mol. The molecular formula is C22H26N2O2. The molecule has 3 rings (SSSR count). The van der Waals surface area contributed by atoms with Crippen molar-refractivity contribution >= 4 is 16.8 Å². The number of hydrogen-bond acceptors (Lipinski definition) is 2. The number of aryl methyl sites for hydroxylation is 2. The molecule has 26 heavy (non-hydrogen) atoms. The molecule has 1 amide bonds. The molecule has 2 aromatic carbocycles. The van der Waals surface area contributed by atoms with Gasteiger partial charge < -0.3 is 14.6 Å². The molecule has 0 aliphatic carbocycles. The van der Waals surface area contributed by atoms with Gasteiger partial charge in [0.25, 0.3) is 5.91 Å². The lowest BCUT2D eigenvalue weighted by Crippen LogP contribution is -2.22. The molecule has 0 aliphatic heterocycles. The number of amides is 1. The quantitative estimate of drug-likeness (QED) is 0.706. The Hall–Kier alpha value is -2.75. The molecule has 4 heteroatoms. The summed E-state index contributed by atoms with van der Waals surface area (Å²) in [5.41, 5.74) is 5.43. The second-order valence-corrected chi connectivity index (χ2v) is 6.45. The summed E-state index contributed by atoms with van der Waals surface area (Å²) in [5.74, 6) is 0.793. The highest BCUT2D eigenvalue weighted by atomic mass is 16.5. The number of benzene rings is 2. The van der Waals surface area contributed by atoms with E-state index in [1.807, 2.05) is 49.4 Å². The molecule has 4 nitrogen and oxygen atoms in total. The van der Waals surface area contributed by atoms with Crippen LogP contribution in [0.1, 0.15) is 41.0 Å². The molecule has 1 N–H and O–H groups in total. The zero-order valence-corrected chi connectivity index (χ0v) is 15.9. The van der Waals surface area contributed by atoms with Crippen LogP contribution in [0.4, 0.5) is 0 Å². The Bertz CT molecular complexity index is 923. The minimum atomic E-state index is -0.0536. The van der Waals surface area contributed by atoms with Gasteiger partial charge in [-0.05, 0) is 69.2 Å². The number of carbonyl (C=O) groups excluding carboxylic acids is 1. The summed E-state index contributed by atoms with van der Waals surface area (Å²) in [6.45, 7) is 10.4. The van der Waals surface area contributed by atoms with Crippen LogP contribution in [0.3, 0.4) is 0 Å². The number of ether oxygens (including phenoxy) is 1. The van der Waals surface area contributed by atoms with E-state index in [-0.39, 0.29) is 5.91 Å². The Morgan fingerprint density at radius 1 is 1.08 bits per heavy atom. The molecular weight excluding hydrogens is 324 g/mol. The number of nitrogens with one attached hydrogen (secondary N) is 1. The van der Waals surface area contributed by atoms with E-state index in [0.717, 1.165) is 23.2 Å². The number of aromatic nitrogens is 1. The van der Waals surface area contributed by atoms with Crippen molar-refractivity contribution in [3.8, 4) is 5.75 Å². The van der Waals surface area contributed by atoms with Gasteiger partial charge in [0.05, 0.1) is 6.61 Å². The molecule has 136 valence electrons. The average molecular weight is 350 g/mol. The standard InChI is InChI=1S/C22H26N2O2/c1-5-24-16(4)15(3)20-13-18(9-12-21(20)24)22(25)23-14-17-7-10-19(11-8-17)26-6-2/h7-13H,5-6,14H2,1-4H3,(H,23,25). The van der Waals surface area contributed by atoms with Gasteiger partial charge in [0.2, 0.25) is 0 Å². The number of hydrogen-bond donors (Lipinski definition) is 1. The summed E-state index contributed by atoms with van der Waals surface area (Å²) in [5, 5.41) is 4.15. The Kier molecular flexibility index (Phi) is 5.31. The van der Waals surface area contributed by atoms with E-state index in [2.05, 4.69) is 30.7 Å². The minimum absolute atomic E-state index is 0.0536. The van der Waals surface area contributed by atoms with E-state index in [1.54, 1.807) is 0 Å². The number of carbonyl (C=O) groups is 1. The Morgan fingerprint density at radius 2 is 1.81 bits per heavy atom. The molecule has 0 aliphatic rings. The van der Waals surface area contributed by atoms with Crippen molar-refractivity contribution < 1.29 is 9.53 Å². The van der Waals surface area contributed by atoms with Gasteiger partial charge in [-0.15, -0.1) is 0 Å². The fourth-order valence-corrected chi connectivity index (χ4v) is 3.35. The molecule has 0 saturated carbocycles. The zero-order valence-electron chi connectivity index (χ0n) is 15.9. The van der Waals surface area contributed by atoms with Crippen LogP contribution in [0.5, 0.6) is 5.75 Å². The maximum absolute atomic E-state index is 12.6. The molecule has 0 bridgehead atoms. The topological polar surface area (TPSA) is 43.3 Å². The van der Waals surface area contributed by atoms with Crippen molar-refractivity contribution in [1.82, 2.24) is 9.88 Å². The third kappa shape index (κ3) is 3.45. The van der Waals surface area contributed by atoms with Gasteiger partial charge in [0, 0.05) is 35.2 Å². The Labute approximate surface area is 154 Å². The van der Waals surface area contributed by atoms with Crippen molar-refractivity contribution in [3.63, 3.8) is 0 Å². The Morgan fingerprint density at radius 3 is 2.46 bits per heavy atom. The van der Waals surface area contributed by atoms with Gasteiger partial charge in [-0.1, -0.05) is 12.1 Å². The smallest absolute Gasteiger partial charge is 0.251 e. The van der Waals surface area contributed by atoms with Crippen molar-refractivity contribution in [2.45, 2.75) is 40.8 Å². The first-order chi connectivity index (χ1) is 12.5. The third-order valence-corrected chi connectivity index (χ3v) is 4.90. The van der Waals surface area contributed by atoms with E-state index in [1.165, 1.54) is 16.8 Å². The highest BCUT2D eigenvalue weighted by molar-refractivity contribution is 5.99. The maximum Gasteiger partial charge on any atom is 0.251 e. The summed E-state index contributed by atoms with van der Waals surface area (Å²) in [7, 11) is 0. The van der Waals surface area contributed by atoms with Gasteiger partial charge >= 0.3 is 0 Å². The predicted octanol–water partition coefficient (Wildman–Crippen LogP) is 4.61. The molecule has 0 spiro atoms. The summed E-state index contributed by atoms with van der Waals surface area (Å²) in [4.78, 5) is 12.6. The first-order valence-corrected chi connectivity index (χ1v) is 9.14. The second-order valence-electron chi connectivity index (χ2n) is 6.45. The van der Waals surface area contributed by atoms with E-state index in [9.17, 15) is 4.79 Å². The number of fused-ring (bicyclic) bond motifs is 1. The molecule has 1 heterocycles. The van der Waals surface area contributed by atoms with Gasteiger partial charge in [0.1, 0.15) is 5.75 Å². The summed E-state index contributed by atoms with van der Waals surface area (Å²) in [6.07, 6.45) is 0. The summed E-state index contributed by atoms with van der Waals surface area (Å²) < 4.78 is 7.72. The van der Waals surface area contributed by atoms with Crippen LogP contribution in [-0.4, -0.2) is 17.1 Å². The van der Waals surface area contributed by atoms with Crippen LogP contribution in [-0.2, 0) is 13.1 Å². The molecule has 0 radical (unpaired) electrons. The van der Waals surface area contributed by atoms with Gasteiger partial charge in [-0.25, -0.2) is 0 Å². The summed E-state index contributed by atoms with van der Waals surface area (Å²) >= 11 is 0. The van der Waals surface area contributed by atoms with Crippen LogP contribution in [0.2, 0.25) is 0 Å². The lowest BCUT2D eigenvalue weighted by Gasteiger charge is -2.08. The van der Waals surface area contributed by atoms with Crippen LogP contribution < -0.4 is 10.1 Å². The number of nitrogens with zero attached hydrogens (tertiary/aromatic N) is 1. The van der Waals surface area contributed by atoms with Gasteiger partial charge in [0.15, 0.2) is 0 Å². The molecule has 0 fully saturated rings. The first-order valence-electron chi connectivity index (χ1n) is 9.14. The van der Waals surface area contributed by atoms with Gasteiger partial charge in [-0.2, -0.15) is 0 Å². The van der Waals surface area contributed by atoms with Crippen molar-refractivity contribution in [3.05, 3.63) is 64.8 Å². The normalized spacial score (nSPS) is 10.9. The second kappa shape index (κ2) is 7.65. The van der Waals surface area contributed by atoms with E-state index in [0.29, 0.717) is 18.7 Å². The highest BCUT2D eigenvalue weighted by Crippen LogP contribution is 2.26. The zero-order chi connectivity index (χ0) is 18.7. The third-order valence-electron chi connectivity index (χ3n) is 4.90. The van der Waals surface area contributed by atoms with Crippen molar-refractivity contribution in [2.24, 2.45) is 0 Å². The van der Waals surface area contributed by atoms with Gasteiger partial charge in [-0.3, -0.25) is 4.79 Å². The lowest BCUT2D eigenvalue weighted by molar-refractivity contribution is 0.0951. The van der Waals surface area contributed by atoms with E-state index >= 15 is 0 Å². The van der Waals surface area contributed by atoms with E-state index < -0.39 is 0 Å². The molecule has 3 aromatic rings. The molecule has 0 saturated heterocycles. The first kappa shape index (κ1) is 18.1. The molecule has 1 aromatic heterocycles. The van der Waals surface area contributed by atoms with Crippen molar-refractivity contribution in [1.29, 1.82) is 0 Å². The maximum atomic E-state index is 12.6. The average Bonchev–Trinajstić information content (AvgIpc) is 2.91.